The molecule has 0 spiro atoms. The van der Waals surface area contributed by atoms with Crippen molar-refractivity contribution in [3.05, 3.63) is 29.8 Å². The van der Waals surface area contributed by atoms with Crippen molar-refractivity contribution in [2.75, 3.05) is 26.7 Å². The standard InChI is InChI=1S/C15H22NO3S/c1-12-3-5-14(6-4-12)20(17,18)19-15-11-16(2)9-7-13(15)8-10-16/h3-6,13,15H,7-11H2,1-2H3/q+1/t13?,15-,16?/m0/s1. The molecule has 1 atom stereocenters. The summed E-state index contributed by atoms with van der Waals surface area (Å²) in [5, 5.41) is 0. The second-order valence-electron chi connectivity index (χ2n) is 6.49. The number of aryl methyl sites for hydroxylation is 1. The van der Waals surface area contributed by atoms with Gasteiger partial charge in [-0.1, -0.05) is 17.7 Å². The van der Waals surface area contributed by atoms with Gasteiger partial charge in [-0.2, -0.15) is 8.42 Å². The number of fused-ring (bicyclic) bond motifs is 3. The molecule has 0 aromatic heterocycles. The molecule has 0 aliphatic carbocycles. The molecule has 1 aromatic rings. The van der Waals surface area contributed by atoms with Gasteiger partial charge in [-0.3, -0.25) is 4.18 Å². The maximum atomic E-state index is 12.4. The van der Waals surface area contributed by atoms with E-state index in [1.54, 1.807) is 24.3 Å². The van der Waals surface area contributed by atoms with Crippen molar-refractivity contribution in [2.45, 2.75) is 30.8 Å². The van der Waals surface area contributed by atoms with E-state index in [9.17, 15) is 8.42 Å². The molecule has 0 saturated carbocycles. The van der Waals surface area contributed by atoms with Crippen LogP contribution in [-0.4, -0.2) is 45.7 Å². The molecular formula is C15H22NO3S+. The molecule has 3 aliphatic rings. The zero-order chi connectivity index (χ0) is 14.4. The summed E-state index contributed by atoms with van der Waals surface area (Å²) in [6.45, 7) is 5.05. The fourth-order valence-corrected chi connectivity index (χ4v) is 4.51. The maximum absolute atomic E-state index is 12.4. The Kier molecular flexibility index (Phi) is 3.39. The van der Waals surface area contributed by atoms with Crippen LogP contribution in [0.5, 0.6) is 0 Å². The van der Waals surface area contributed by atoms with Crippen LogP contribution in [0.4, 0.5) is 0 Å². The quantitative estimate of drug-likeness (QED) is 0.632. The monoisotopic (exact) mass is 296 g/mol. The normalized spacial score (nSPS) is 33.3. The molecule has 3 heterocycles. The van der Waals surface area contributed by atoms with E-state index in [1.807, 2.05) is 6.92 Å². The van der Waals surface area contributed by atoms with Gasteiger partial charge in [0.1, 0.15) is 12.6 Å². The molecule has 110 valence electrons. The van der Waals surface area contributed by atoms with E-state index in [0.717, 1.165) is 42.5 Å². The molecule has 0 N–H and O–H groups in total. The molecule has 4 rings (SSSR count). The average molecular weight is 296 g/mol. The van der Waals surface area contributed by atoms with Crippen molar-refractivity contribution in [1.29, 1.82) is 0 Å². The number of rotatable bonds is 3. The third-order valence-electron chi connectivity index (χ3n) is 4.79. The lowest BCUT2D eigenvalue weighted by Crippen LogP contribution is -2.62. The summed E-state index contributed by atoms with van der Waals surface area (Å²) in [6.07, 6.45) is 1.99. The maximum Gasteiger partial charge on any atom is 0.297 e. The smallest absolute Gasteiger partial charge is 0.297 e. The lowest BCUT2D eigenvalue weighted by Gasteiger charge is -2.49. The highest BCUT2D eigenvalue weighted by atomic mass is 32.2. The van der Waals surface area contributed by atoms with Crippen LogP contribution < -0.4 is 0 Å². The van der Waals surface area contributed by atoms with Gasteiger partial charge in [0, 0.05) is 18.8 Å². The van der Waals surface area contributed by atoms with Crippen LogP contribution in [0, 0.1) is 12.8 Å². The van der Waals surface area contributed by atoms with Gasteiger partial charge in [-0.05, 0) is 19.1 Å². The fourth-order valence-electron chi connectivity index (χ4n) is 3.38. The summed E-state index contributed by atoms with van der Waals surface area (Å²) < 4.78 is 31.2. The van der Waals surface area contributed by atoms with Crippen LogP contribution in [0.2, 0.25) is 0 Å². The molecule has 0 amide bonds. The highest BCUT2D eigenvalue weighted by molar-refractivity contribution is 7.86. The number of nitrogens with zero attached hydrogens (tertiary/aromatic N) is 1. The van der Waals surface area contributed by atoms with Crippen LogP contribution in [-0.2, 0) is 14.3 Å². The molecule has 0 unspecified atom stereocenters. The zero-order valence-corrected chi connectivity index (χ0v) is 12.9. The highest BCUT2D eigenvalue weighted by Crippen LogP contribution is 2.35. The molecular weight excluding hydrogens is 274 g/mol. The van der Waals surface area contributed by atoms with E-state index in [4.69, 9.17) is 4.18 Å². The number of quaternary nitrogens is 1. The van der Waals surface area contributed by atoms with Gasteiger partial charge in [0.05, 0.1) is 25.0 Å². The van der Waals surface area contributed by atoms with Crippen LogP contribution in [0.3, 0.4) is 0 Å². The molecule has 3 saturated heterocycles. The third-order valence-corrected chi connectivity index (χ3v) is 6.14. The van der Waals surface area contributed by atoms with Gasteiger partial charge in [0.15, 0.2) is 0 Å². The minimum absolute atomic E-state index is 0.159. The van der Waals surface area contributed by atoms with E-state index in [0.29, 0.717) is 5.92 Å². The van der Waals surface area contributed by atoms with Crippen molar-refractivity contribution in [3.63, 3.8) is 0 Å². The Morgan fingerprint density at radius 2 is 1.75 bits per heavy atom. The number of hydrogen-bond acceptors (Lipinski definition) is 3. The first-order valence-electron chi connectivity index (χ1n) is 7.22. The number of likely N-dealkylation sites (N-methyl/N-ethyl adjacent to an activating group) is 1. The number of hydrogen-bond donors (Lipinski definition) is 0. The van der Waals surface area contributed by atoms with Crippen molar-refractivity contribution in [2.24, 2.45) is 5.92 Å². The summed E-state index contributed by atoms with van der Waals surface area (Å²) in [5.41, 5.74) is 1.05. The third kappa shape index (κ3) is 2.62. The Hall–Kier alpha value is -0.910. The van der Waals surface area contributed by atoms with Crippen molar-refractivity contribution in [3.8, 4) is 0 Å². The van der Waals surface area contributed by atoms with Crippen molar-refractivity contribution in [1.82, 2.24) is 0 Å². The summed E-state index contributed by atoms with van der Waals surface area (Å²) in [4.78, 5) is 0.266. The summed E-state index contributed by atoms with van der Waals surface area (Å²) in [5.74, 6) is 0.398. The topological polar surface area (TPSA) is 43.4 Å². The molecule has 1 aromatic carbocycles. The Bertz CT molecular complexity index is 586. The van der Waals surface area contributed by atoms with Gasteiger partial charge < -0.3 is 4.48 Å². The van der Waals surface area contributed by atoms with Gasteiger partial charge in [-0.25, -0.2) is 0 Å². The molecule has 4 nitrogen and oxygen atoms in total. The van der Waals surface area contributed by atoms with Gasteiger partial charge >= 0.3 is 0 Å². The van der Waals surface area contributed by atoms with E-state index in [-0.39, 0.29) is 11.0 Å². The van der Waals surface area contributed by atoms with E-state index >= 15 is 0 Å². The fraction of sp³-hybridized carbons (Fsp3) is 0.600. The molecule has 2 bridgehead atoms. The van der Waals surface area contributed by atoms with Crippen LogP contribution in [0.1, 0.15) is 18.4 Å². The largest absolute Gasteiger partial charge is 0.324 e. The SMILES string of the molecule is Cc1ccc(S(=O)(=O)O[C@H]2C[N+]3(C)CCC2CC3)cc1. The van der Waals surface area contributed by atoms with Gasteiger partial charge in [-0.15, -0.1) is 0 Å². The van der Waals surface area contributed by atoms with E-state index in [2.05, 4.69) is 7.05 Å². The lowest BCUT2D eigenvalue weighted by molar-refractivity contribution is -0.928. The van der Waals surface area contributed by atoms with Crippen molar-refractivity contribution < 1.29 is 17.1 Å². The molecule has 0 radical (unpaired) electrons. The first-order chi connectivity index (χ1) is 9.38. The van der Waals surface area contributed by atoms with Gasteiger partial charge in [0.25, 0.3) is 10.1 Å². The predicted octanol–water partition coefficient (Wildman–Crippen LogP) is 1.94. The highest BCUT2D eigenvalue weighted by Gasteiger charge is 2.45. The van der Waals surface area contributed by atoms with Crippen molar-refractivity contribution >= 4 is 10.1 Å². The molecule has 3 fully saturated rings. The van der Waals surface area contributed by atoms with E-state index in [1.165, 1.54) is 0 Å². The second kappa shape index (κ2) is 4.83. The lowest BCUT2D eigenvalue weighted by atomic mass is 9.84. The average Bonchev–Trinajstić information content (AvgIpc) is 2.39. The summed E-state index contributed by atoms with van der Waals surface area (Å²) in [6, 6.07) is 6.87. The van der Waals surface area contributed by atoms with Gasteiger partial charge in [0.2, 0.25) is 0 Å². The number of benzene rings is 1. The van der Waals surface area contributed by atoms with Crippen LogP contribution in [0.25, 0.3) is 0 Å². The minimum Gasteiger partial charge on any atom is -0.324 e. The second-order valence-corrected chi connectivity index (χ2v) is 8.06. The summed E-state index contributed by atoms with van der Waals surface area (Å²) in [7, 11) is -1.44. The Balaban J connectivity index is 1.78. The predicted molar refractivity (Wildman–Crippen MR) is 76.7 cm³/mol. The molecule has 20 heavy (non-hydrogen) atoms. The first kappa shape index (κ1) is 14.0. The Morgan fingerprint density at radius 3 is 2.30 bits per heavy atom. The Labute approximate surface area is 121 Å². The summed E-state index contributed by atoms with van der Waals surface area (Å²) >= 11 is 0. The van der Waals surface area contributed by atoms with Crippen LogP contribution in [0.15, 0.2) is 29.2 Å². The molecule has 5 heteroatoms. The minimum atomic E-state index is -3.64. The van der Waals surface area contributed by atoms with E-state index < -0.39 is 10.1 Å². The first-order valence-corrected chi connectivity index (χ1v) is 8.62. The zero-order valence-electron chi connectivity index (χ0n) is 12.1. The molecule has 3 aliphatic heterocycles. The van der Waals surface area contributed by atoms with Crippen LogP contribution >= 0.6 is 0 Å². The number of piperidine rings is 3. The Morgan fingerprint density at radius 1 is 1.15 bits per heavy atom.